The second kappa shape index (κ2) is 7.60. The van der Waals surface area contributed by atoms with E-state index in [0.29, 0.717) is 0 Å². The largest absolute Gasteiger partial charge is 0.0807 e. The van der Waals surface area contributed by atoms with Gasteiger partial charge in [0.1, 0.15) is 0 Å². The van der Waals surface area contributed by atoms with Gasteiger partial charge >= 0.3 is 0 Å². The highest BCUT2D eigenvalue weighted by Gasteiger charge is 1.88. The predicted molar refractivity (Wildman–Crippen MR) is 60.6 cm³/mol. The van der Waals surface area contributed by atoms with Gasteiger partial charge < -0.3 is 0 Å². The fraction of sp³-hybridized carbons (Fsp3) is 0.636. The Bertz CT molecular complexity index is 166. The van der Waals surface area contributed by atoms with E-state index in [4.69, 9.17) is 0 Å². The lowest BCUT2D eigenvalue weighted by Crippen LogP contribution is -1.74. The van der Waals surface area contributed by atoms with Gasteiger partial charge in [0.2, 0.25) is 0 Å². The fourth-order valence-electron chi connectivity index (χ4n) is 0.800. The van der Waals surface area contributed by atoms with Crippen LogP contribution in [0.2, 0.25) is 0 Å². The van der Waals surface area contributed by atoms with Crippen LogP contribution in [-0.4, -0.2) is 0 Å². The Morgan fingerprint density at radius 3 is 2.42 bits per heavy atom. The van der Waals surface area contributed by atoms with Gasteiger partial charge in [-0.05, 0) is 30.7 Å². The van der Waals surface area contributed by atoms with Crippen LogP contribution in [0.3, 0.4) is 0 Å². The maximum Gasteiger partial charge on any atom is -0.00316 e. The smallest absolute Gasteiger partial charge is 0.00316 e. The lowest BCUT2D eigenvalue weighted by molar-refractivity contribution is 0.952. The van der Waals surface area contributed by atoms with E-state index >= 15 is 0 Å². The highest BCUT2D eigenvalue weighted by Crippen LogP contribution is 2.14. The van der Waals surface area contributed by atoms with E-state index in [2.05, 4.69) is 48.9 Å². The third-order valence-corrected chi connectivity index (χ3v) is 2.51. The summed E-state index contributed by atoms with van der Waals surface area (Å²) in [6.45, 7) is 6.57. The normalized spacial score (nSPS) is 13.7. The minimum Gasteiger partial charge on any atom is -0.0807 e. The average Bonchev–Trinajstić information content (AvgIpc) is 2.10. The summed E-state index contributed by atoms with van der Waals surface area (Å²) in [6.07, 6.45) is 9.18. The van der Waals surface area contributed by atoms with Crippen LogP contribution in [0.1, 0.15) is 46.5 Å². The molecule has 0 aliphatic heterocycles. The standard InChI is InChI=1S/C11H19Br/c1-4-6-7-11(12)9-8-10(3)5-2/h7-8H,4-6,9H2,1-3H3/b10-8?,11-7-. The Morgan fingerprint density at radius 2 is 1.92 bits per heavy atom. The van der Waals surface area contributed by atoms with Crippen molar-refractivity contribution in [2.24, 2.45) is 0 Å². The van der Waals surface area contributed by atoms with Gasteiger partial charge in [0.05, 0.1) is 0 Å². The van der Waals surface area contributed by atoms with Gasteiger partial charge in [-0.25, -0.2) is 0 Å². The summed E-state index contributed by atoms with van der Waals surface area (Å²) in [5.41, 5.74) is 1.47. The monoisotopic (exact) mass is 230 g/mol. The summed E-state index contributed by atoms with van der Waals surface area (Å²) in [5, 5.41) is 0. The summed E-state index contributed by atoms with van der Waals surface area (Å²) >= 11 is 3.55. The highest BCUT2D eigenvalue weighted by molar-refractivity contribution is 9.11. The number of allylic oxidation sites excluding steroid dienone is 4. The molecule has 0 spiro atoms. The molecule has 0 aromatic carbocycles. The summed E-state index contributed by atoms with van der Waals surface area (Å²) in [4.78, 5) is 0. The molecule has 0 bridgehead atoms. The van der Waals surface area contributed by atoms with Crippen molar-refractivity contribution in [3.05, 3.63) is 22.2 Å². The molecule has 0 fully saturated rings. The molecule has 0 amide bonds. The maximum absolute atomic E-state index is 3.55. The molecule has 0 radical (unpaired) electrons. The molecule has 0 nitrogen and oxygen atoms in total. The molecule has 0 aliphatic rings. The fourth-order valence-corrected chi connectivity index (χ4v) is 1.19. The number of unbranched alkanes of at least 4 members (excludes halogenated alkanes) is 1. The van der Waals surface area contributed by atoms with Gasteiger partial charge in [-0.2, -0.15) is 0 Å². The zero-order valence-corrected chi connectivity index (χ0v) is 9.95. The van der Waals surface area contributed by atoms with Gasteiger partial charge in [-0.1, -0.05) is 53.9 Å². The zero-order valence-electron chi connectivity index (χ0n) is 8.36. The van der Waals surface area contributed by atoms with Crippen LogP contribution in [0.15, 0.2) is 22.2 Å². The molecule has 12 heavy (non-hydrogen) atoms. The maximum atomic E-state index is 3.55. The molecule has 0 aromatic rings. The van der Waals surface area contributed by atoms with Crippen LogP contribution in [0.4, 0.5) is 0 Å². The lowest BCUT2D eigenvalue weighted by atomic mass is 10.2. The molecule has 0 aromatic heterocycles. The quantitative estimate of drug-likeness (QED) is 0.595. The molecule has 0 aliphatic carbocycles. The molecule has 1 heteroatoms. The Labute approximate surface area is 84.9 Å². The molecule has 0 unspecified atom stereocenters. The SMILES string of the molecule is CCC/C=C(\Br)CC=C(C)CC. The first kappa shape index (κ1) is 12.0. The predicted octanol–water partition coefficient (Wildman–Crippen LogP) is 4.81. The molecule has 0 atom stereocenters. The third-order valence-electron chi connectivity index (χ3n) is 1.86. The van der Waals surface area contributed by atoms with Crippen molar-refractivity contribution >= 4 is 15.9 Å². The van der Waals surface area contributed by atoms with Gasteiger partial charge in [0.15, 0.2) is 0 Å². The average molecular weight is 231 g/mol. The number of halogens is 1. The van der Waals surface area contributed by atoms with E-state index in [1.807, 2.05) is 0 Å². The van der Waals surface area contributed by atoms with Crippen molar-refractivity contribution in [1.82, 2.24) is 0 Å². The molecule has 0 heterocycles. The summed E-state index contributed by atoms with van der Waals surface area (Å²) < 4.78 is 1.32. The minimum atomic E-state index is 1.06. The molecule has 70 valence electrons. The Hall–Kier alpha value is -0.0400. The molecule has 0 saturated carbocycles. The molecule has 0 rings (SSSR count). The van der Waals surface area contributed by atoms with E-state index in [-0.39, 0.29) is 0 Å². The Balaban J connectivity index is 3.76. The highest BCUT2D eigenvalue weighted by atomic mass is 79.9. The minimum absolute atomic E-state index is 1.06. The Morgan fingerprint density at radius 1 is 1.25 bits per heavy atom. The van der Waals surface area contributed by atoms with E-state index in [9.17, 15) is 0 Å². The molecular formula is C11H19Br. The molecule has 0 saturated heterocycles. The number of rotatable bonds is 5. The van der Waals surface area contributed by atoms with E-state index in [1.165, 1.54) is 22.9 Å². The van der Waals surface area contributed by atoms with Gasteiger partial charge in [-0.15, -0.1) is 0 Å². The number of hydrogen-bond donors (Lipinski definition) is 0. The van der Waals surface area contributed by atoms with Crippen molar-refractivity contribution in [3.63, 3.8) is 0 Å². The van der Waals surface area contributed by atoms with Crippen LogP contribution in [0, 0.1) is 0 Å². The second-order valence-electron chi connectivity index (χ2n) is 3.05. The van der Waals surface area contributed by atoms with Crippen LogP contribution in [0.5, 0.6) is 0 Å². The van der Waals surface area contributed by atoms with Gasteiger partial charge in [-0.3, -0.25) is 0 Å². The van der Waals surface area contributed by atoms with Crippen molar-refractivity contribution in [1.29, 1.82) is 0 Å². The number of hydrogen-bond acceptors (Lipinski definition) is 0. The second-order valence-corrected chi connectivity index (χ2v) is 4.07. The van der Waals surface area contributed by atoms with Crippen molar-refractivity contribution in [3.8, 4) is 0 Å². The first-order valence-electron chi connectivity index (χ1n) is 4.70. The van der Waals surface area contributed by atoms with Crippen molar-refractivity contribution in [2.75, 3.05) is 0 Å². The topological polar surface area (TPSA) is 0 Å². The van der Waals surface area contributed by atoms with Crippen LogP contribution >= 0.6 is 15.9 Å². The van der Waals surface area contributed by atoms with Crippen LogP contribution in [-0.2, 0) is 0 Å². The summed E-state index contributed by atoms with van der Waals surface area (Å²) in [6, 6.07) is 0. The first-order chi connectivity index (χ1) is 5.70. The van der Waals surface area contributed by atoms with Gasteiger partial charge in [0.25, 0.3) is 0 Å². The van der Waals surface area contributed by atoms with Crippen LogP contribution in [0.25, 0.3) is 0 Å². The lowest BCUT2D eigenvalue weighted by Gasteiger charge is -1.96. The van der Waals surface area contributed by atoms with E-state index < -0.39 is 0 Å². The van der Waals surface area contributed by atoms with E-state index in [1.54, 1.807) is 0 Å². The Kier molecular flexibility index (Phi) is 7.58. The summed E-state index contributed by atoms with van der Waals surface area (Å²) in [5.74, 6) is 0. The van der Waals surface area contributed by atoms with E-state index in [0.717, 1.165) is 12.8 Å². The summed E-state index contributed by atoms with van der Waals surface area (Å²) in [7, 11) is 0. The van der Waals surface area contributed by atoms with Crippen molar-refractivity contribution in [2.45, 2.75) is 46.5 Å². The zero-order chi connectivity index (χ0) is 9.40. The molecule has 0 N–H and O–H groups in total. The first-order valence-corrected chi connectivity index (χ1v) is 5.50. The molecular weight excluding hydrogens is 212 g/mol. The van der Waals surface area contributed by atoms with Crippen LogP contribution < -0.4 is 0 Å². The van der Waals surface area contributed by atoms with Gasteiger partial charge in [0, 0.05) is 0 Å². The third kappa shape index (κ3) is 6.66. The van der Waals surface area contributed by atoms with Crippen molar-refractivity contribution < 1.29 is 0 Å².